The van der Waals surface area contributed by atoms with Crippen LogP contribution < -0.4 is 5.32 Å². The van der Waals surface area contributed by atoms with Gasteiger partial charge in [-0.1, -0.05) is 13.8 Å². The molecule has 0 amide bonds. The summed E-state index contributed by atoms with van der Waals surface area (Å²) in [5.41, 5.74) is -0.217. The highest BCUT2D eigenvalue weighted by Gasteiger charge is 2.28. The van der Waals surface area contributed by atoms with Gasteiger partial charge in [-0.05, 0) is 41.8 Å². The topological polar surface area (TPSA) is 45.4 Å². The van der Waals surface area contributed by atoms with Crippen LogP contribution in [0.25, 0.3) is 0 Å². The van der Waals surface area contributed by atoms with Gasteiger partial charge in [0.25, 0.3) is 0 Å². The molecule has 0 aromatic carbocycles. The van der Waals surface area contributed by atoms with Crippen LogP contribution in [-0.2, 0) is 0 Å². The van der Waals surface area contributed by atoms with Gasteiger partial charge in [0.1, 0.15) is 5.76 Å². The van der Waals surface area contributed by atoms with Crippen molar-refractivity contribution in [1.29, 1.82) is 0 Å². The lowest BCUT2D eigenvalue weighted by Crippen LogP contribution is -2.48. The maximum Gasteiger partial charge on any atom is 0.134 e. The first-order valence-electron chi connectivity index (χ1n) is 5.70. The first-order chi connectivity index (χ1) is 7.58. The Kier molecular flexibility index (Phi) is 5.02. The van der Waals surface area contributed by atoms with Crippen molar-refractivity contribution in [2.75, 3.05) is 6.61 Å². The van der Waals surface area contributed by atoms with E-state index in [0.717, 1.165) is 23.1 Å². The Balaban J connectivity index is 2.76. The van der Waals surface area contributed by atoms with E-state index >= 15 is 0 Å². The first-order valence-corrected chi connectivity index (χ1v) is 6.49. The van der Waals surface area contributed by atoms with Crippen molar-refractivity contribution in [3.63, 3.8) is 0 Å². The fraction of sp³-hybridized carbons (Fsp3) is 0.667. The summed E-state index contributed by atoms with van der Waals surface area (Å²) < 4.78 is 6.38. The van der Waals surface area contributed by atoms with Crippen molar-refractivity contribution in [3.05, 3.63) is 22.6 Å². The normalized spacial score (nSPS) is 14.1. The molecule has 16 heavy (non-hydrogen) atoms. The van der Waals surface area contributed by atoms with Crippen LogP contribution in [0.3, 0.4) is 0 Å². The second-order valence-corrected chi connectivity index (χ2v) is 5.00. The van der Waals surface area contributed by atoms with Gasteiger partial charge in [-0.15, -0.1) is 0 Å². The van der Waals surface area contributed by atoms with E-state index < -0.39 is 0 Å². The third-order valence-electron chi connectivity index (χ3n) is 3.22. The lowest BCUT2D eigenvalue weighted by Gasteiger charge is -2.33. The fourth-order valence-electron chi connectivity index (χ4n) is 1.86. The summed E-state index contributed by atoms with van der Waals surface area (Å²) in [7, 11) is 0. The second kappa shape index (κ2) is 5.84. The molecule has 1 atom stereocenters. The minimum Gasteiger partial charge on any atom is -0.466 e. The molecular formula is C12H20BrNO2. The summed E-state index contributed by atoms with van der Waals surface area (Å²) in [5.74, 6) is 0.875. The second-order valence-electron chi connectivity index (χ2n) is 4.14. The Morgan fingerprint density at radius 1 is 1.50 bits per heavy atom. The van der Waals surface area contributed by atoms with Gasteiger partial charge in [0.15, 0.2) is 0 Å². The molecule has 0 aliphatic carbocycles. The molecule has 1 unspecified atom stereocenters. The zero-order valence-electron chi connectivity index (χ0n) is 10.1. The summed E-state index contributed by atoms with van der Waals surface area (Å²) in [6.45, 7) is 6.34. The van der Waals surface area contributed by atoms with Crippen LogP contribution >= 0.6 is 15.9 Å². The number of aliphatic hydroxyl groups excluding tert-OH is 1. The van der Waals surface area contributed by atoms with Crippen molar-refractivity contribution < 1.29 is 9.52 Å². The van der Waals surface area contributed by atoms with E-state index in [1.165, 1.54) is 0 Å². The Morgan fingerprint density at radius 2 is 2.12 bits per heavy atom. The zero-order chi connectivity index (χ0) is 12.2. The third kappa shape index (κ3) is 2.87. The molecule has 1 aromatic rings. The van der Waals surface area contributed by atoms with Crippen LogP contribution in [0.5, 0.6) is 0 Å². The molecule has 1 aromatic heterocycles. The van der Waals surface area contributed by atoms with Crippen molar-refractivity contribution in [2.45, 2.75) is 45.2 Å². The van der Waals surface area contributed by atoms with Gasteiger partial charge in [0.2, 0.25) is 0 Å². The van der Waals surface area contributed by atoms with Crippen molar-refractivity contribution in [2.24, 2.45) is 0 Å². The Morgan fingerprint density at radius 3 is 2.50 bits per heavy atom. The van der Waals surface area contributed by atoms with Gasteiger partial charge in [-0.3, -0.25) is 5.32 Å². The predicted octanol–water partition coefficient (Wildman–Crippen LogP) is 3.24. The quantitative estimate of drug-likeness (QED) is 0.845. The van der Waals surface area contributed by atoms with Crippen LogP contribution in [0.4, 0.5) is 0 Å². The van der Waals surface area contributed by atoms with Gasteiger partial charge in [0, 0.05) is 5.54 Å². The molecule has 0 radical (unpaired) electrons. The van der Waals surface area contributed by atoms with Crippen molar-refractivity contribution >= 4 is 15.9 Å². The van der Waals surface area contributed by atoms with E-state index in [-0.39, 0.29) is 18.2 Å². The molecule has 1 rings (SSSR count). The molecule has 2 N–H and O–H groups in total. The van der Waals surface area contributed by atoms with Crippen molar-refractivity contribution in [1.82, 2.24) is 5.32 Å². The SMILES string of the molecule is CCC(CC)(CO)NC(C)c1occc1Br. The highest BCUT2D eigenvalue weighted by Crippen LogP contribution is 2.27. The number of halogens is 1. The maximum absolute atomic E-state index is 9.49. The van der Waals surface area contributed by atoms with Crippen LogP contribution in [-0.4, -0.2) is 17.3 Å². The van der Waals surface area contributed by atoms with E-state index in [4.69, 9.17) is 4.42 Å². The molecule has 0 saturated carbocycles. The third-order valence-corrected chi connectivity index (χ3v) is 3.87. The van der Waals surface area contributed by atoms with Crippen molar-refractivity contribution in [3.8, 4) is 0 Å². The summed E-state index contributed by atoms with van der Waals surface area (Å²) in [5, 5.41) is 12.9. The average Bonchev–Trinajstić information content (AvgIpc) is 2.72. The number of hydrogen-bond donors (Lipinski definition) is 2. The molecule has 4 heteroatoms. The number of nitrogens with one attached hydrogen (secondary N) is 1. The Bertz CT molecular complexity index is 312. The van der Waals surface area contributed by atoms with Gasteiger partial charge in [0.05, 0.1) is 23.4 Å². The summed E-state index contributed by atoms with van der Waals surface area (Å²) in [4.78, 5) is 0. The van der Waals surface area contributed by atoms with E-state index in [0.29, 0.717) is 0 Å². The molecule has 0 aliphatic heterocycles. The molecular weight excluding hydrogens is 270 g/mol. The highest BCUT2D eigenvalue weighted by molar-refractivity contribution is 9.10. The molecule has 3 nitrogen and oxygen atoms in total. The Labute approximate surface area is 105 Å². The van der Waals surface area contributed by atoms with Crippen LogP contribution in [0.15, 0.2) is 21.2 Å². The van der Waals surface area contributed by atoms with Crippen LogP contribution in [0.2, 0.25) is 0 Å². The van der Waals surface area contributed by atoms with Crippen LogP contribution in [0.1, 0.15) is 45.4 Å². The van der Waals surface area contributed by atoms with Gasteiger partial charge >= 0.3 is 0 Å². The lowest BCUT2D eigenvalue weighted by atomic mass is 9.92. The minimum absolute atomic E-state index is 0.0800. The molecule has 0 spiro atoms. The zero-order valence-corrected chi connectivity index (χ0v) is 11.7. The lowest BCUT2D eigenvalue weighted by molar-refractivity contribution is 0.136. The highest BCUT2D eigenvalue weighted by atomic mass is 79.9. The molecule has 92 valence electrons. The van der Waals surface area contributed by atoms with E-state index in [9.17, 15) is 5.11 Å². The summed E-state index contributed by atoms with van der Waals surface area (Å²) in [6.07, 6.45) is 3.45. The number of rotatable bonds is 6. The van der Waals surface area contributed by atoms with E-state index in [2.05, 4.69) is 35.1 Å². The summed E-state index contributed by atoms with van der Waals surface area (Å²) in [6, 6.07) is 1.96. The largest absolute Gasteiger partial charge is 0.466 e. The van der Waals surface area contributed by atoms with Gasteiger partial charge in [-0.2, -0.15) is 0 Å². The summed E-state index contributed by atoms with van der Waals surface area (Å²) >= 11 is 3.44. The Hall–Kier alpha value is -0.320. The van der Waals surface area contributed by atoms with Gasteiger partial charge in [-0.25, -0.2) is 0 Å². The minimum atomic E-state index is -0.217. The molecule has 1 heterocycles. The monoisotopic (exact) mass is 289 g/mol. The molecule has 0 fully saturated rings. The van der Waals surface area contributed by atoms with E-state index in [1.54, 1.807) is 6.26 Å². The van der Waals surface area contributed by atoms with Crippen LogP contribution in [0, 0.1) is 0 Å². The smallest absolute Gasteiger partial charge is 0.134 e. The molecule has 0 saturated heterocycles. The fourth-order valence-corrected chi connectivity index (χ4v) is 2.41. The number of furan rings is 1. The maximum atomic E-state index is 9.49. The average molecular weight is 290 g/mol. The molecule has 0 aliphatic rings. The first kappa shape index (κ1) is 13.7. The molecule has 0 bridgehead atoms. The predicted molar refractivity (Wildman–Crippen MR) is 68.4 cm³/mol. The number of hydrogen-bond acceptors (Lipinski definition) is 3. The standard InChI is InChI=1S/C12H20BrNO2/c1-4-12(5-2,8-15)14-9(3)11-10(13)6-7-16-11/h6-7,9,14-15H,4-5,8H2,1-3H3. The number of aliphatic hydroxyl groups is 1. The van der Waals surface area contributed by atoms with Gasteiger partial charge < -0.3 is 9.52 Å². The van der Waals surface area contributed by atoms with E-state index in [1.807, 2.05) is 13.0 Å².